The first-order valence-electron chi connectivity index (χ1n) is 6.30. The van der Waals surface area contributed by atoms with E-state index < -0.39 is 5.60 Å². The van der Waals surface area contributed by atoms with Gasteiger partial charge in [0, 0.05) is 17.5 Å². The van der Waals surface area contributed by atoms with Crippen LogP contribution < -0.4 is 5.32 Å². The van der Waals surface area contributed by atoms with Gasteiger partial charge in [0.2, 0.25) is 0 Å². The van der Waals surface area contributed by atoms with E-state index in [0.29, 0.717) is 6.54 Å². The van der Waals surface area contributed by atoms with Crippen molar-refractivity contribution in [2.24, 2.45) is 0 Å². The molecule has 96 valence electrons. The van der Waals surface area contributed by atoms with Crippen LogP contribution in [0.4, 0.5) is 0 Å². The van der Waals surface area contributed by atoms with Gasteiger partial charge < -0.3 is 10.4 Å². The Morgan fingerprint density at radius 1 is 1.41 bits per heavy atom. The van der Waals surface area contributed by atoms with E-state index in [1.165, 1.54) is 11.3 Å². The third kappa shape index (κ3) is 3.68. The van der Waals surface area contributed by atoms with Gasteiger partial charge in [-0.15, -0.1) is 11.3 Å². The molecular formula is C13H20ClNOS. The number of thiophene rings is 1. The van der Waals surface area contributed by atoms with Crippen LogP contribution in [0, 0.1) is 0 Å². The minimum Gasteiger partial charge on any atom is -0.389 e. The fourth-order valence-electron chi connectivity index (χ4n) is 2.39. The van der Waals surface area contributed by atoms with Gasteiger partial charge in [-0.1, -0.05) is 30.9 Å². The van der Waals surface area contributed by atoms with Gasteiger partial charge >= 0.3 is 0 Å². The highest BCUT2D eigenvalue weighted by Crippen LogP contribution is 2.30. The molecule has 1 unspecified atom stereocenters. The zero-order valence-electron chi connectivity index (χ0n) is 10.2. The summed E-state index contributed by atoms with van der Waals surface area (Å²) in [5.74, 6) is 0. The van der Waals surface area contributed by atoms with Gasteiger partial charge in [0.25, 0.3) is 0 Å². The summed E-state index contributed by atoms with van der Waals surface area (Å²) >= 11 is 7.52. The fourth-order valence-corrected chi connectivity index (χ4v) is 3.48. The second kappa shape index (κ2) is 5.70. The van der Waals surface area contributed by atoms with Crippen LogP contribution >= 0.6 is 22.9 Å². The Labute approximate surface area is 112 Å². The molecule has 0 aromatic carbocycles. The van der Waals surface area contributed by atoms with Crippen molar-refractivity contribution in [1.82, 2.24) is 5.32 Å². The first kappa shape index (κ1) is 13.3. The monoisotopic (exact) mass is 273 g/mol. The zero-order valence-corrected chi connectivity index (χ0v) is 11.8. The molecule has 2 N–H and O–H groups in total. The molecule has 1 aliphatic rings. The molecule has 2 rings (SSSR count). The predicted octanol–water partition coefficient (Wildman–Crippen LogP) is 3.75. The predicted molar refractivity (Wildman–Crippen MR) is 73.8 cm³/mol. The molecule has 1 aromatic heterocycles. The van der Waals surface area contributed by atoms with E-state index in [1.54, 1.807) is 11.3 Å². The van der Waals surface area contributed by atoms with Crippen LogP contribution in [0.2, 0.25) is 4.34 Å². The second-order valence-corrected chi connectivity index (χ2v) is 6.78. The fraction of sp³-hybridized carbons (Fsp3) is 0.692. The summed E-state index contributed by atoms with van der Waals surface area (Å²) in [6, 6.07) is 4.24. The molecule has 1 heterocycles. The van der Waals surface area contributed by atoms with Gasteiger partial charge in [-0.2, -0.15) is 0 Å². The van der Waals surface area contributed by atoms with Crippen LogP contribution in [0.1, 0.15) is 49.9 Å². The van der Waals surface area contributed by atoms with E-state index in [-0.39, 0.29) is 6.04 Å². The smallest absolute Gasteiger partial charge is 0.0931 e. The summed E-state index contributed by atoms with van der Waals surface area (Å²) in [4.78, 5) is 1.23. The molecule has 0 amide bonds. The van der Waals surface area contributed by atoms with Crippen molar-refractivity contribution in [1.29, 1.82) is 0 Å². The first-order chi connectivity index (χ1) is 8.09. The van der Waals surface area contributed by atoms with E-state index in [9.17, 15) is 5.11 Å². The van der Waals surface area contributed by atoms with Crippen molar-refractivity contribution in [3.05, 3.63) is 21.3 Å². The molecule has 1 aromatic rings. The summed E-state index contributed by atoms with van der Waals surface area (Å²) in [6.45, 7) is 2.80. The van der Waals surface area contributed by atoms with Crippen LogP contribution in [0.5, 0.6) is 0 Å². The average molecular weight is 274 g/mol. The number of aliphatic hydroxyl groups is 1. The lowest BCUT2D eigenvalue weighted by Gasteiger charge is -2.33. The third-order valence-electron chi connectivity index (χ3n) is 3.54. The van der Waals surface area contributed by atoms with Crippen molar-refractivity contribution in [2.45, 2.75) is 50.7 Å². The maximum Gasteiger partial charge on any atom is 0.0931 e. The van der Waals surface area contributed by atoms with Gasteiger partial charge in [0.1, 0.15) is 0 Å². The van der Waals surface area contributed by atoms with Crippen molar-refractivity contribution in [2.75, 3.05) is 6.54 Å². The minimum atomic E-state index is -0.492. The lowest BCUT2D eigenvalue weighted by atomic mass is 9.85. The van der Waals surface area contributed by atoms with E-state index in [0.717, 1.165) is 30.0 Å². The van der Waals surface area contributed by atoms with Crippen LogP contribution in [0.15, 0.2) is 12.1 Å². The lowest BCUT2D eigenvalue weighted by Crippen LogP contribution is -2.42. The number of hydrogen-bond acceptors (Lipinski definition) is 3. The van der Waals surface area contributed by atoms with Gasteiger partial charge in [0.05, 0.1) is 9.94 Å². The molecule has 2 nitrogen and oxygen atoms in total. The normalized spacial score (nSPS) is 21.4. The highest BCUT2D eigenvalue weighted by molar-refractivity contribution is 7.16. The van der Waals surface area contributed by atoms with Crippen molar-refractivity contribution in [3.8, 4) is 0 Å². The second-order valence-electron chi connectivity index (χ2n) is 5.03. The molecule has 1 fully saturated rings. The number of hydrogen-bond donors (Lipinski definition) is 2. The maximum absolute atomic E-state index is 10.4. The topological polar surface area (TPSA) is 32.3 Å². The van der Waals surface area contributed by atoms with E-state index in [4.69, 9.17) is 11.6 Å². The minimum absolute atomic E-state index is 0.262. The molecule has 1 aliphatic carbocycles. The van der Waals surface area contributed by atoms with Crippen LogP contribution in [0.3, 0.4) is 0 Å². The van der Waals surface area contributed by atoms with E-state index >= 15 is 0 Å². The number of nitrogens with one attached hydrogen (secondary N) is 1. The van der Waals surface area contributed by atoms with Crippen LogP contribution in [-0.4, -0.2) is 17.3 Å². The Bertz CT molecular complexity index is 360. The lowest BCUT2D eigenvalue weighted by molar-refractivity contribution is 0.00308. The molecule has 0 spiro atoms. The molecule has 0 aliphatic heterocycles. The molecule has 0 saturated heterocycles. The SMILES string of the molecule is CC(NCC1(O)CCCCC1)c1ccc(Cl)s1. The summed E-state index contributed by atoms with van der Waals surface area (Å²) in [5.41, 5.74) is -0.492. The molecule has 17 heavy (non-hydrogen) atoms. The van der Waals surface area contributed by atoms with Gasteiger partial charge in [0.15, 0.2) is 0 Å². The molecule has 0 radical (unpaired) electrons. The largest absolute Gasteiger partial charge is 0.389 e. The van der Waals surface area contributed by atoms with Gasteiger partial charge in [-0.25, -0.2) is 0 Å². The first-order valence-corrected chi connectivity index (χ1v) is 7.49. The Morgan fingerprint density at radius 3 is 2.71 bits per heavy atom. The highest BCUT2D eigenvalue weighted by Gasteiger charge is 2.29. The van der Waals surface area contributed by atoms with Gasteiger partial charge in [-0.3, -0.25) is 0 Å². The average Bonchev–Trinajstić information content (AvgIpc) is 2.74. The summed E-state index contributed by atoms with van der Waals surface area (Å²) < 4.78 is 0.824. The molecule has 1 atom stereocenters. The Morgan fingerprint density at radius 2 is 2.12 bits per heavy atom. The van der Waals surface area contributed by atoms with Gasteiger partial charge in [-0.05, 0) is 31.9 Å². The van der Waals surface area contributed by atoms with Crippen LogP contribution in [0.25, 0.3) is 0 Å². The maximum atomic E-state index is 10.4. The highest BCUT2D eigenvalue weighted by atomic mass is 35.5. The number of halogens is 1. The Hall–Kier alpha value is -0.0900. The number of rotatable bonds is 4. The molecule has 4 heteroatoms. The Kier molecular flexibility index (Phi) is 4.47. The zero-order chi connectivity index (χ0) is 12.3. The molecular weight excluding hydrogens is 254 g/mol. The van der Waals surface area contributed by atoms with E-state index in [2.05, 4.69) is 18.3 Å². The third-order valence-corrected chi connectivity index (χ3v) is 4.96. The van der Waals surface area contributed by atoms with Crippen molar-refractivity contribution >= 4 is 22.9 Å². The van der Waals surface area contributed by atoms with Crippen molar-refractivity contribution in [3.63, 3.8) is 0 Å². The molecule has 1 saturated carbocycles. The summed E-state index contributed by atoms with van der Waals surface area (Å²) in [5, 5.41) is 13.8. The van der Waals surface area contributed by atoms with E-state index in [1.807, 2.05) is 6.07 Å². The van der Waals surface area contributed by atoms with Crippen molar-refractivity contribution < 1.29 is 5.11 Å². The summed E-state index contributed by atoms with van der Waals surface area (Å²) in [6.07, 6.45) is 5.42. The molecule has 0 bridgehead atoms. The van der Waals surface area contributed by atoms with Crippen LogP contribution in [-0.2, 0) is 0 Å². The standard InChI is InChI=1S/C13H20ClNOS/c1-10(11-5-6-12(14)17-11)15-9-13(16)7-3-2-4-8-13/h5-6,10,15-16H,2-4,7-9H2,1H3. The summed E-state index contributed by atoms with van der Waals surface area (Å²) in [7, 11) is 0. The Balaban J connectivity index is 1.85. The quantitative estimate of drug-likeness (QED) is 0.876.